The minimum atomic E-state index is 0.624. The van der Waals surface area contributed by atoms with Crippen LogP contribution in [-0.2, 0) is 6.54 Å². The van der Waals surface area contributed by atoms with E-state index in [0.717, 1.165) is 35.8 Å². The number of ether oxygens (including phenoxy) is 1. The zero-order chi connectivity index (χ0) is 15.2. The number of rotatable bonds is 6. The van der Waals surface area contributed by atoms with Gasteiger partial charge in [0.15, 0.2) is 0 Å². The number of nitrogens with zero attached hydrogens (tertiary/aromatic N) is 1. The Morgan fingerprint density at radius 3 is 2.81 bits per heavy atom. The fraction of sp³-hybridized carbons (Fsp3) is 0.353. The third-order valence-electron chi connectivity index (χ3n) is 3.02. The van der Waals surface area contributed by atoms with Gasteiger partial charge in [0.25, 0.3) is 0 Å². The van der Waals surface area contributed by atoms with E-state index >= 15 is 0 Å². The van der Waals surface area contributed by atoms with E-state index in [4.69, 9.17) is 16.3 Å². The molecule has 21 heavy (non-hydrogen) atoms. The molecular formula is C17H21ClN2O. The number of pyridine rings is 1. The van der Waals surface area contributed by atoms with Crippen LogP contribution in [-0.4, -0.2) is 11.5 Å². The summed E-state index contributed by atoms with van der Waals surface area (Å²) >= 11 is 6.01. The molecular weight excluding hydrogens is 284 g/mol. The molecule has 0 spiro atoms. The molecule has 4 heteroatoms. The van der Waals surface area contributed by atoms with E-state index in [0.29, 0.717) is 10.9 Å². The smallest absolute Gasteiger partial charge is 0.131 e. The van der Waals surface area contributed by atoms with Gasteiger partial charge < -0.3 is 10.1 Å². The average Bonchev–Trinajstić information content (AvgIpc) is 2.43. The first-order valence-corrected chi connectivity index (χ1v) is 7.52. The second-order valence-electron chi connectivity index (χ2n) is 5.52. The molecule has 0 saturated heterocycles. The Morgan fingerprint density at radius 2 is 2.05 bits per heavy atom. The Kier molecular flexibility index (Phi) is 5.59. The molecule has 0 fully saturated rings. The molecule has 2 aromatic rings. The zero-order valence-corrected chi connectivity index (χ0v) is 13.4. The maximum atomic E-state index is 6.01. The molecule has 0 aliphatic heterocycles. The van der Waals surface area contributed by atoms with Gasteiger partial charge >= 0.3 is 0 Å². The first-order valence-electron chi connectivity index (χ1n) is 7.14. The van der Waals surface area contributed by atoms with E-state index < -0.39 is 0 Å². The SMILES string of the molecule is Cc1ccc(Cl)cc1Oc1ccnc(CNCC(C)C)c1. The molecule has 112 valence electrons. The number of nitrogens with one attached hydrogen (secondary N) is 1. The molecule has 0 bridgehead atoms. The molecule has 1 aromatic heterocycles. The lowest BCUT2D eigenvalue weighted by molar-refractivity contribution is 0.476. The zero-order valence-electron chi connectivity index (χ0n) is 12.7. The number of hydrogen-bond donors (Lipinski definition) is 1. The molecule has 0 aliphatic rings. The van der Waals surface area contributed by atoms with Crippen molar-refractivity contribution in [1.82, 2.24) is 10.3 Å². The molecule has 3 nitrogen and oxygen atoms in total. The highest BCUT2D eigenvalue weighted by Gasteiger charge is 2.04. The first-order chi connectivity index (χ1) is 10.0. The van der Waals surface area contributed by atoms with E-state index in [1.807, 2.05) is 37.3 Å². The lowest BCUT2D eigenvalue weighted by Gasteiger charge is -2.11. The third-order valence-corrected chi connectivity index (χ3v) is 3.26. The monoisotopic (exact) mass is 304 g/mol. The fourth-order valence-electron chi connectivity index (χ4n) is 1.92. The minimum absolute atomic E-state index is 0.624. The van der Waals surface area contributed by atoms with E-state index in [-0.39, 0.29) is 0 Å². The Balaban J connectivity index is 2.05. The second-order valence-corrected chi connectivity index (χ2v) is 5.96. The van der Waals surface area contributed by atoms with Gasteiger partial charge in [-0.3, -0.25) is 4.98 Å². The Hall–Kier alpha value is -1.58. The molecule has 1 heterocycles. The van der Waals surface area contributed by atoms with Crippen LogP contribution in [0, 0.1) is 12.8 Å². The topological polar surface area (TPSA) is 34.1 Å². The highest BCUT2D eigenvalue weighted by molar-refractivity contribution is 6.30. The summed E-state index contributed by atoms with van der Waals surface area (Å²) in [5.41, 5.74) is 2.02. The predicted octanol–water partition coefficient (Wildman–Crippen LogP) is 4.58. The van der Waals surface area contributed by atoms with Crippen molar-refractivity contribution in [2.75, 3.05) is 6.54 Å². The van der Waals surface area contributed by atoms with Gasteiger partial charge in [0.05, 0.1) is 5.69 Å². The first kappa shape index (κ1) is 15.8. The van der Waals surface area contributed by atoms with Gasteiger partial charge in [-0.1, -0.05) is 31.5 Å². The van der Waals surface area contributed by atoms with Crippen LogP contribution < -0.4 is 10.1 Å². The van der Waals surface area contributed by atoms with Crippen molar-refractivity contribution in [1.29, 1.82) is 0 Å². The quantitative estimate of drug-likeness (QED) is 0.848. The average molecular weight is 305 g/mol. The van der Waals surface area contributed by atoms with Crippen LogP contribution in [0.1, 0.15) is 25.1 Å². The highest BCUT2D eigenvalue weighted by Crippen LogP contribution is 2.27. The number of aromatic nitrogens is 1. The molecule has 0 saturated carbocycles. The van der Waals surface area contributed by atoms with Crippen LogP contribution in [0.15, 0.2) is 36.5 Å². The van der Waals surface area contributed by atoms with E-state index in [1.54, 1.807) is 6.20 Å². The second kappa shape index (κ2) is 7.43. The van der Waals surface area contributed by atoms with E-state index in [1.165, 1.54) is 0 Å². The van der Waals surface area contributed by atoms with E-state index in [2.05, 4.69) is 24.1 Å². The van der Waals surface area contributed by atoms with Crippen LogP contribution in [0.4, 0.5) is 0 Å². The maximum Gasteiger partial charge on any atom is 0.131 e. The minimum Gasteiger partial charge on any atom is -0.457 e. The normalized spacial score (nSPS) is 10.9. The summed E-state index contributed by atoms with van der Waals surface area (Å²) in [6.07, 6.45) is 1.77. The molecule has 0 aliphatic carbocycles. The summed E-state index contributed by atoms with van der Waals surface area (Å²) in [4.78, 5) is 4.35. The largest absolute Gasteiger partial charge is 0.457 e. The van der Waals surface area contributed by atoms with E-state index in [9.17, 15) is 0 Å². The number of halogens is 1. The summed E-state index contributed by atoms with van der Waals surface area (Å²) < 4.78 is 5.91. The molecule has 0 unspecified atom stereocenters. The van der Waals surface area contributed by atoms with Gasteiger partial charge in [-0.05, 0) is 43.1 Å². The lowest BCUT2D eigenvalue weighted by atomic mass is 10.2. The van der Waals surface area contributed by atoms with Crippen molar-refractivity contribution in [3.8, 4) is 11.5 Å². The van der Waals surface area contributed by atoms with Gasteiger partial charge in [-0.15, -0.1) is 0 Å². The fourth-order valence-corrected chi connectivity index (χ4v) is 2.08. The van der Waals surface area contributed by atoms with Crippen molar-refractivity contribution < 1.29 is 4.74 Å². The van der Waals surface area contributed by atoms with Gasteiger partial charge in [0, 0.05) is 23.8 Å². The van der Waals surface area contributed by atoms with Crippen LogP contribution in [0.5, 0.6) is 11.5 Å². The summed E-state index contributed by atoms with van der Waals surface area (Å²) in [5.74, 6) is 2.17. The van der Waals surface area contributed by atoms with Crippen molar-refractivity contribution in [3.63, 3.8) is 0 Å². The van der Waals surface area contributed by atoms with Crippen molar-refractivity contribution in [2.24, 2.45) is 5.92 Å². The summed E-state index contributed by atoms with van der Waals surface area (Å²) in [7, 11) is 0. The van der Waals surface area contributed by atoms with Crippen LogP contribution in [0.2, 0.25) is 5.02 Å². The summed E-state index contributed by atoms with van der Waals surface area (Å²) in [6, 6.07) is 9.44. The number of hydrogen-bond acceptors (Lipinski definition) is 3. The highest BCUT2D eigenvalue weighted by atomic mass is 35.5. The predicted molar refractivity (Wildman–Crippen MR) is 87.0 cm³/mol. The molecule has 0 atom stereocenters. The Bertz CT molecular complexity index is 599. The molecule has 1 aromatic carbocycles. The molecule has 2 rings (SSSR count). The van der Waals surface area contributed by atoms with Gasteiger partial charge in [-0.25, -0.2) is 0 Å². The van der Waals surface area contributed by atoms with Crippen LogP contribution in [0.3, 0.4) is 0 Å². The Labute approximate surface area is 131 Å². The molecule has 1 N–H and O–H groups in total. The number of aryl methyl sites for hydroxylation is 1. The van der Waals surface area contributed by atoms with Crippen LogP contribution in [0.25, 0.3) is 0 Å². The maximum absolute atomic E-state index is 6.01. The van der Waals surface area contributed by atoms with Gasteiger partial charge in [0.2, 0.25) is 0 Å². The standard InChI is InChI=1S/C17H21ClN2O/c1-12(2)10-19-11-15-9-16(6-7-20-15)21-17-8-14(18)5-4-13(17)3/h4-9,12,19H,10-11H2,1-3H3. The van der Waals surface area contributed by atoms with Crippen molar-refractivity contribution in [2.45, 2.75) is 27.3 Å². The molecule has 0 radical (unpaired) electrons. The lowest BCUT2D eigenvalue weighted by Crippen LogP contribution is -2.19. The Morgan fingerprint density at radius 1 is 1.24 bits per heavy atom. The summed E-state index contributed by atoms with van der Waals surface area (Å²) in [5, 5.41) is 4.04. The van der Waals surface area contributed by atoms with Gasteiger partial charge in [-0.2, -0.15) is 0 Å². The van der Waals surface area contributed by atoms with Gasteiger partial charge in [0.1, 0.15) is 11.5 Å². The van der Waals surface area contributed by atoms with Crippen molar-refractivity contribution in [3.05, 3.63) is 52.8 Å². The summed E-state index contributed by atoms with van der Waals surface area (Å²) in [6.45, 7) is 8.08. The van der Waals surface area contributed by atoms with Crippen LogP contribution >= 0.6 is 11.6 Å². The number of benzene rings is 1. The third kappa shape index (κ3) is 5.03. The molecule has 0 amide bonds. The van der Waals surface area contributed by atoms with Crippen molar-refractivity contribution >= 4 is 11.6 Å².